The number of pyridine rings is 1. The number of hydrogen-bond donors (Lipinski definition) is 1. The summed E-state index contributed by atoms with van der Waals surface area (Å²) in [7, 11) is 1.60. The number of anilines is 2. The van der Waals surface area contributed by atoms with Gasteiger partial charge in [-0.2, -0.15) is 0 Å². The zero-order valence-corrected chi connectivity index (χ0v) is 15.4. The molecule has 1 saturated heterocycles. The number of piperazine rings is 1. The number of ether oxygens (including phenoxy) is 3. The van der Waals surface area contributed by atoms with Crippen molar-refractivity contribution >= 4 is 23.2 Å². The number of carbonyl (C=O) groups excluding carboxylic acids is 2. The second kappa shape index (κ2) is 7.63. The van der Waals surface area contributed by atoms with Gasteiger partial charge in [-0.3, -0.25) is 14.6 Å². The van der Waals surface area contributed by atoms with Crippen LogP contribution in [0.5, 0.6) is 17.2 Å². The van der Waals surface area contributed by atoms with Crippen LogP contribution in [0.2, 0.25) is 0 Å². The molecule has 9 nitrogen and oxygen atoms in total. The maximum Gasteiger partial charge on any atom is 0.313 e. The van der Waals surface area contributed by atoms with Gasteiger partial charge in [0.1, 0.15) is 0 Å². The third-order valence-corrected chi connectivity index (χ3v) is 4.71. The van der Waals surface area contributed by atoms with Gasteiger partial charge in [0.05, 0.1) is 19.0 Å². The molecule has 146 valence electrons. The number of hydrogen-bond acceptors (Lipinski definition) is 7. The molecule has 1 aromatic heterocycles. The Balaban J connectivity index is 1.35. The molecule has 1 aromatic carbocycles. The molecule has 0 atom stereocenters. The highest BCUT2D eigenvalue weighted by atomic mass is 16.7. The molecule has 9 heteroatoms. The summed E-state index contributed by atoms with van der Waals surface area (Å²) in [5.74, 6) is 0.618. The molecule has 0 bridgehead atoms. The Hall–Kier alpha value is -3.49. The van der Waals surface area contributed by atoms with E-state index >= 15 is 0 Å². The van der Waals surface area contributed by atoms with Crippen LogP contribution in [0, 0.1) is 0 Å². The quantitative estimate of drug-likeness (QED) is 0.793. The summed E-state index contributed by atoms with van der Waals surface area (Å²) in [5, 5.41) is 2.62. The van der Waals surface area contributed by atoms with Gasteiger partial charge in [-0.15, -0.1) is 0 Å². The summed E-state index contributed by atoms with van der Waals surface area (Å²) in [6, 6.07) is 6.89. The lowest BCUT2D eigenvalue weighted by molar-refractivity contribution is -0.143. The molecule has 0 spiro atoms. The van der Waals surface area contributed by atoms with Crippen LogP contribution >= 0.6 is 0 Å². The lowest BCUT2D eigenvalue weighted by Crippen LogP contribution is -2.51. The van der Waals surface area contributed by atoms with E-state index in [0.29, 0.717) is 49.1 Å². The molecule has 1 fully saturated rings. The third-order valence-electron chi connectivity index (χ3n) is 4.71. The molecule has 2 aliphatic heterocycles. The predicted molar refractivity (Wildman–Crippen MR) is 101 cm³/mol. The molecule has 2 aliphatic rings. The van der Waals surface area contributed by atoms with E-state index in [2.05, 4.69) is 15.2 Å². The molecule has 3 heterocycles. The van der Waals surface area contributed by atoms with E-state index < -0.39 is 11.8 Å². The zero-order valence-electron chi connectivity index (χ0n) is 15.4. The summed E-state index contributed by atoms with van der Waals surface area (Å²) in [6.07, 6.45) is 3.36. The molecular weight excluding hydrogens is 364 g/mol. The van der Waals surface area contributed by atoms with Crippen LogP contribution in [-0.4, -0.2) is 61.8 Å². The highest BCUT2D eigenvalue weighted by Crippen LogP contribution is 2.34. The summed E-state index contributed by atoms with van der Waals surface area (Å²) in [5.41, 5.74) is 1.41. The molecular formula is C19H20N4O5. The van der Waals surface area contributed by atoms with E-state index in [1.54, 1.807) is 42.6 Å². The minimum Gasteiger partial charge on any atom is -0.493 e. The Labute approximate surface area is 161 Å². The summed E-state index contributed by atoms with van der Waals surface area (Å²) < 4.78 is 15.9. The summed E-state index contributed by atoms with van der Waals surface area (Å²) >= 11 is 0. The highest BCUT2D eigenvalue weighted by molar-refractivity contribution is 6.39. The maximum absolute atomic E-state index is 12.5. The molecule has 4 rings (SSSR count). The molecule has 0 radical (unpaired) electrons. The third kappa shape index (κ3) is 3.51. The number of rotatable bonds is 3. The standard InChI is InChI=1S/C19H20N4O5/c1-26-17-11-20-5-4-14(17)22-6-8-23(9-7-22)19(25)18(24)21-13-2-3-15-16(10-13)28-12-27-15/h2-5,10-11H,6-9,12H2,1H3,(H,21,24). The maximum atomic E-state index is 12.5. The minimum atomic E-state index is -0.672. The zero-order chi connectivity index (χ0) is 19.5. The number of benzene rings is 1. The normalized spacial score (nSPS) is 15.3. The van der Waals surface area contributed by atoms with Gasteiger partial charge in [0.2, 0.25) is 6.79 Å². The molecule has 2 amide bonds. The number of amides is 2. The fourth-order valence-corrected chi connectivity index (χ4v) is 3.24. The minimum absolute atomic E-state index is 0.151. The van der Waals surface area contributed by atoms with E-state index in [-0.39, 0.29) is 6.79 Å². The van der Waals surface area contributed by atoms with Gasteiger partial charge in [0.15, 0.2) is 17.2 Å². The highest BCUT2D eigenvalue weighted by Gasteiger charge is 2.27. The van der Waals surface area contributed by atoms with Crippen LogP contribution in [0.25, 0.3) is 0 Å². The van der Waals surface area contributed by atoms with Crippen molar-refractivity contribution < 1.29 is 23.8 Å². The first-order valence-electron chi connectivity index (χ1n) is 8.88. The van der Waals surface area contributed by atoms with Gasteiger partial charge in [-0.05, 0) is 18.2 Å². The van der Waals surface area contributed by atoms with Crippen LogP contribution in [0.3, 0.4) is 0 Å². The van der Waals surface area contributed by atoms with Crippen molar-refractivity contribution in [1.82, 2.24) is 9.88 Å². The van der Waals surface area contributed by atoms with Crippen molar-refractivity contribution in [1.29, 1.82) is 0 Å². The van der Waals surface area contributed by atoms with Crippen LogP contribution in [-0.2, 0) is 9.59 Å². The van der Waals surface area contributed by atoms with Gasteiger partial charge < -0.3 is 29.3 Å². The first-order chi connectivity index (χ1) is 13.7. The summed E-state index contributed by atoms with van der Waals surface area (Å²) in [6.45, 7) is 2.24. The largest absolute Gasteiger partial charge is 0.493 e. The van der Waals surface area contributed by atoms with Crippen molar-refractivity contribution in [2.75, 3.05) is 50.3 Å². The van der Waals surface area contributed by atoms with Gasteiger partial charge in [-0.25, -0.2) is 0 Å². The van der Waals surface area contributed by atoms with Crippen LogP contribution in [0.1, 0.15) is 0 Å². The van der Waals surface area contributed by atoms with Crippen LogP contribution in [0.4, 0.5) is 11.4 Å². The number of nitrogens with zero attached hydrogens (tertiary/aromatic N) is 3. The molecule has 0 saturated carbocycles. The monoisotopic (exact) mass is 384 g/mol. The smallest absolute Gasteiger partial charge is 0.313 e. The van der Waals surface area contributed by atoms with Crippen molar-refractivity contribution in [2.45, 2.75) is 0 Å². The molecule has 0 aliphatic carbocycles. The fraction of sp³-hybridized carbons (Fsp3) is 0.316. The van der Waals surface area contributed by atoms with Crippen molar-refractivity contribution in [3.8, 4) is 17.2 Å². The number of methoxy groups -OCH3 is 1. The first-order valence-corrected chi connectivity index (χ1v) is 8.88. The van der Waals surface area contributed by atoms with Gasteiger partial charge in [0.25, 0.3) is 0 Å². The topological polar surface area (TPSA) is 93.2 Å². The Morgan fingerprint density at radius 2 is 1.89 bits per heavy atom. The molecule has 2 aromatic rings. The fourth-order valence-electron chi connectivity index (χ4n) is 3.24. The molecule has 1 N–H and O–H groups in total. The average molecular weight is 384 g/mol. The molecule has 0 unspecified atom stereocenters. The van der Waals surface area contributed by atoms with Crippen LogP contribution < -0.4 is 24.4 Å². The van der Waals surface area contributed by atoms with E-state index in [9.17, 15) is 9.59 Å². The van der Waals surface area contributed by atoms with E-state index in [0.717, 1.165) is 5.69 Å². The van der Waals surface area contributed by atoms with Crippen LogP contribution in [0.15, 0.2) is 36.7 Å². The second-order valence-corrected chi connectivity index (χ2v) is 6.35. The Morgan fingerprint density at radius 3 is 2.68 bits per heavy atom. The summed E-state index contributed by atoms with van der Waals surface area (Å²) in [4.78, 5) is 32.6. The van der Waals surface area contributed by atoms with Gasteiger partial charge in [-0.1, -0.05) is 0 Å². The van der Waals surface area contributed by atoms with Crippen molar-refractivity contribution in [3.63, 3.8) is 0 Å². The van der Waals surface area contributed by atoms with E-state index in [4.69, 9.17) is 14.2 Å². The Morgan fingerprint density at radius 1 is 1.11 bits per heavy atom. The van der Waals surface area contributed by atoms with Gasteiger partial charge >= 0.3 is 11.8 Å². The van der Waals surface area contributed by atoms with E-state index in [1.807, 2.05) is 6.07 Å². The lowest BCUT2D eigenvalue weighted by Gasteiger charge is -2.36. The predicted octanol–water partition coefficient (Wildman–Crippen LogP) is 1.11. The number of nitrogens with one attached hydrogen (secondary N) is 1. The van der Waals surface area contributed by atoms with E-state index in [1.165, 1.54) is 0 Å². The number of carbonyl (C=O) groups is 2. The first kappa shape index (κ1) is 17.9. The molecule has 28 heavy (non-hydrogen) atoms. The van der Waals surface area contributed by atoms with Crippen molar-refractivity contribution in [3.05, 3.63) is 36.7 Å². The van der Waals surface area contributed by atoms with Gasteiger partial charge in [0, 0.05) is 44.1 Å². The Bertz CT molecular complexity index is 896. The average Bonchev–Trinajstić information content (AvgIpc) is 3.21. The lowest BCUT2D eigenvalue weighted by atomic mass is 10.2. The number of fused-ring (bicyclic) bond motifs is 1. The van der Waals surface area contributed by atoms with Crippen molar-refractivity contribution in [2.24, 2.45) is 0 Å². The number of aromatic nitrogens is 1. The second-order valence-electron chi connectivity index (χ2n) is 6.35. The Kier molecular flexibility index (Phi) is 4.88. The SMILES string of the molecule is COc1cnccc1N1CCN(C(=O)C(=O)Nc2ccc3c(c2)OCO3)CC1.